The molecule has 2 aromatic carbocycles. The molecule has 2 fully saturated rings. The maximum Gasteiger partial charge on any atom is 0.410 e. The Hall–Kier alpha value is -3.02. The van der Waals surface area contributed by atoms with Gasteiger partial charge in [-0.1, -0.05) is 29.8 Å². The van der Waals surface area contributed by atoms with Gasteiger partial charge >= 0.3 is 6.09 Å². The van der Waals surface area contributed by atoms with Crippen LogP contribution in [0.3, 0.4) is 0 Å². The predicted molar refractivity (Wildman–Crippen MR) is 133 cm³/mol. The van der Waals surface area contributed by atoms with Crippen molar-refractivity contribution >= 4 is 17.4 Å². The number of aryl methyl sites for hydroxylation is 1. The van der Waals surface area contributed by atoms with Crippen molar-refractivity contribution in [3.8, 4) is 11.1 Å². The Labute approximate surface area is 204 Å². The quantitative estimate of drug-likeness (QED) is 0.464. The second-order valence-electron chi connectivity index (χ2n) is 11.7. The number of halogens is 2. The molecule has 1 unspecified atom stereocenters. The van der Waals surface area contributed by atoms with Gasteiger partial charge in [0, 0.05) is 36.0 Å². The summed E-state index contributed by atoms with van der Waals surface area (Å²) < 4.78 is 36.4. The summed E-state index contributed by atoms with van der Waals surface area (Å²) in [6.07, 6.45) is 5.17. The van der Waals surface area contributed by atoms with Crippen LogP contribution in [-0.2, 0) is 10.7 Å². The van der Waals surface area contributed by atoms with Gasteiger partial charge in [0.1, 0.15) is 5.60 Å². The second kappa shape index (κ2) is 7.25. The highest BCUT2D eigenvalue weighted by Gasteiger charge is 2.55. The van der Waals surface area contributed by atoms with Crippen molar-refractivity contribution in [2.75, 3.05) is 6.54 Å². The van der Waals surface area contributed by atoms with Gasteiger partial charge < -0.3 is 4.74 Å². The maximum atomic E-state index is 15.4. The van der Waals surface area contributed by atoms with Crippen LogP contribution < -0.4 is 0 Å². The van der Waals surface area contributed by atoms with Crippen LogP contribution in [0.2, 0.25) is 0 Å². The molecule has 1 amide bonds. The van der Waals surface area contributed by atoms with Crippen molar-refractivity contribution < 1.29 is 18.3 Å². The smallest absolute Gasteiger partial charge is 0.410 e. The number of amides is 1. The van der Waals surface area contributed by atoms with Gasteiger partial charge in [-0.25, -0.2) is 4.79 Å². The first-order valence-corrected chi connectivity index (χ1v) is 12.4. The van der Waals surface area contributed by atoms with Gasteiger partial charge in [-0.15, -0.1) is 0 Å². The molecule has 1 atom stereocenters. The molecule has 1 saturated carbocycles. The zero-order chi connectivity index (χ0) is 24.8. The maximum absolute atomic E-state index is 15.4. The average Bonchev–Trinajstić information content (AvgIpc) is 3.12. The molecular weight excluding hydrogens is 446 g/mol. The molecule has 0 radical (unpaired) electrons. The third-order valence-corrected chi connectivity index (χ3v) is 7.77. The Bertz CT molecular complexity index is 1310. The summed E-state index contributed by atoms with van der Waals surface area (Å²) in [6.45, 7) is 8.16. The van der Waals surface area contributed by atoms with Crippen molar-refractivity contribution in [1.29, 1.82) is 0 Å². The zero-order valence-electron chi connectivity index (χ0n) is 20.6. The van der Waals surface area contributed by atoms with Crippen molar-refractivity contribution in [3.63, 3.8) is 0 Å². The molecule has 4 nitrogen and oxygen atoms in total. The number of allylic oxidation sites excluding steroid dienone is 1. The number of ether oxygens (including phenoxy) is 1. The van der Waals surface area contributed by atoms with E-state index < -0.39 is 11.5 Å². The summed E-state index contributed by atoms with van der Waals surface area (Å²) in [4.78, 5) is 19.5. The minimum atomic E-state index is -3.02. The van der Waals surface area contributed by atoms with Crippen LogP contribution in [0.15, 0.2) is 47.6 Å². The number of likely N-dealkylation sites (tertiary alicyclic amines) is 1. The fourth-order valence-electron chi connectivity index (χ4n) is 5.77. The van der Waals surface area contributed by atoms with E-state index >= 15 is 8.78 Å². The number of aliphatic imine (C=N–C) groups is 1. The van der Waals surface area contributed by atoms with Gasteiger partial charge in [-0.2, -0.15) is 8.78 Å². The van der Waals surface area contributed by atoms with E-state index in [0.717, 1.165) is 41.7 Å². The monoisotopic (exact) mass is 476 g/mol. The van der Waals surface area contributed by atoms with Crippen LogP contribution in [0.25, 0.3) is 16.7 Å². The number of carbonyl (C=O) groups excluding carboxylic acids is 1. The summed E-state index contributed by atoms with van der Waals surface area (Å²) in [7, 11) is 0. The summed E-state index contributed by atoms with van der Waals surface area (Å²) >= 11 is 0. The van der Waals surface area contributed by atoms with Gasteiger partial charge in [0.2, 0.25) is 0 Å². The van der Waals surface area contributed by atoms with Gasteiger partial charge in [-0.3, -0.25) is 9.89 Å². The van der Waals surface area contributed by atoms with Gasteiger partial charge in [0.15, 0.2) is 0 Å². The number of hydrogen-bond donors (Lipinski definition) is 0. The molecule has 2 aliphatic carbocycles. The normalized spacial score (nSPS) is 23.1. The highest BCUT2D eigenvalue weighted by atomic mass is 19.3. The highest BCUT2D eigenvalue weighted by molar-refractivity contribution is 6.03. The fourth-order valence-corrected chi connectivity index (χ4v) is 5.77. The van der Waals surface area contributed by atoms with E-state index in [1.807, 2.05) is 44.7 Å². The van der Waals surface area contributed by atoms with E-state index in [0.29, 0.717) is 24.1 Å². The molecule has 4 aliphatic rings. The summed E-state index contributed by atoms with van der Waals surface area (Å²) in [6, 6.07) is 10.5. The van der Waals surface area contributed by atoms with Crippen molar-refractivity contribution in [1.82, 2.24) is 4.90 Å². The number of alkyl halides is 2. The van der Waals surface area contributed by atoms with Gasteiger partial charge in [0.25, 0.3) is 5.92 Å². The number of hydrogen-bond acceptors (Lipinski definition) is 3. The lowest BCUT2D eigenvalue weighted by molar-refractivity contribution is 0.0257. The van der Waals surface area contributed by atoms with E-state index in [9.17, 15) is 4.79 Å². The molecule has 0 bridgehead atoms. The summed E-state index contributed by atoms with van der Waals surface area (Å²) in [5, 5.41) is 0. The zero-order valence-corrected chi connectivity index (χ0v) is 20.6. The molecule has 2 aliphatic heterocycles. The standard InChI is InChI=1S/C29H30F2N2O2/c1-17-5-7-20-21-8-6-18(12-23(21)29(30,31)22(20)11-17)19-13-24(32-15-19)25-14-28(9-10-28)16-33(25)26(34)35-27(2,3)4/h5-8,11-12,15,25H,9-10,13-14,16H2,1-4H3. The number of carbonyl (C=O) groups is 1. The van der Waals surface area contributed by atoms with E-state index in [1.54, 1.807) is 30.5 Å². The van der Waals surface area contributed by atoms with Crippen molar-refractivity contribution in [2.24, 2.45) is 10.4 Å². The Balaban J connectivity index is 1.24. The van der Waals surface area contributed by atoms with E-state index in [-0.39, 0.29) is 28.7 Å². The Morgan fingerprint density at radius 2 is 1.77 bits per heavy atom. The minimum Gasteiger partial charge on any atom is -0.444 e. The number of fused-ring (bicyclic) bond motifs is 3. The van der Waals surface area contributed by atoms with Crippen LogP contribution in [0.5, 0.6) is 0 Å². The van der Waals surface area contributed by atoms with Crippen LogP contribution in [0.4, 0.5) is 13.6 Å². The third-order valence-electron chi connectivity index (χ3n) is 7.77. The largest absolute Gasteiger partial charge is 0.444 e. The van der Waals surface area contributed by atoms with Crippen LogP contribution in [0.1, 0.15) is 68.7 Å². The molecule has 2 heterocycles. The SMILES string of the molecule is Cc1ccc2c(c1)C(F)(F)c1cc(C3=CN=C(C4CC5(CC5)CN4C(=O)OC(C)(C)C)C3)ccc1-2. The van der Waals surface area contributed by atoms with Gasteiger partial charge in [-0.05, 0) is 86.8 Å². The van der Waals surface area contributed by atoms with Gasteiger partial charge in [0.05, 0.1) is 6.04 Å². The molecule has 2 aromatic rings. The Kier molecular flexibility index (Phi) is 4.65. The highest BCUT2D eigenvalue weighted by Crippen LogP contribution is 2.56. The number of nitrogens with zero attached hydrogens (tertiary/aromatic N) is 2. The first-order chi connectivity index (χ1) is 16.5. The molecule has 0 N–H and O–H groups in total. The van der Waals surface area contributed by atoms with E-state index in [1.165, 1.54) is 0 Å². The van der Waals surface area contributed by atoms with Crippen molar-refractivity contribution in [3.05, 3.63) is 64.9 Å². The van der Waals surface area contributed by atoms with Crippen LogP contribution >= 0.6 is 0 Å². The lowest BCUT2D eigenvalue weighted by Crippen LogP contribution is -2.43. The first-order valence-electron chi connectivity index (χ1n) is 12.4. The van der Waals surface area contributed by atoms with E-state index in [2.05, 4.69) is 0 Å². The molecule has 0 aromatic heterocycles. The summed E-state index contributed by atoms with van der Waals surface area (Å²) in [5.41, 5.74) is 4.37. The lowest BCUT2D eigenvalue weighted by atomic mass is 9.93. The first kappa shape index (κ1) is 22.4. The molecule has 1 saturated heterocycles. The molecule has 6 rings (SSSR count). The van der Waals surface area contributed by atoms with E-state index in [4.69, 9.17) is 9.73 Å². The van der Waals surface area contributed by atoms with Crippen molar-refractivity contribution in [2.45, 2.75) is 70.9 Å². The van der Waals surface area contributed by atoms with Crippen LogP contribution in [0, 0.1) is 12.3 Å². The number of rotatable bonds is 2. The molecule has 182 valence electrons. The van der Waals surface area contributed by atoms with Crippen LogP contribution in [-0.4, -0.2) is 34.9 Å². The molecular formula is C29H30F2N2O2. The topological polar surface area (TPSA) is 41.9 Å². The number of benzene rings is 2. The molecule has 6 heteroatoms. The Morgan fingerprint density at radius 3 is 2.46 bits per heavy atom. The summed E-state index contributed by atoms with van der Waals surface area (Å²) in [5.74, 6) is -3.02. The lowest BCUT2D eigenvalue weighted by Gasteiger charge is -2.28. The Morgan fingerprint density at radius 1 is 1.09 bits per heavy atom. The molecule has 35 heavy (non-hydrogen) atoms. The molecule has 1 spiro atoms. The predicted octanol–water partition coefficient (Wildman–Crippen LogP) is 7.09. The average molecular weight is 477 g/mol. The fraction of sp³-hybridized carbons (Fsp3) is 0.448. The second-order valence-corrected chi connectivity index (χ2v) is 11.7. The minimum absolute atomic E-state index is 0.0538. The third kappa shape index (κ3) is 3.69.